The van der Waals surface area contributed by atoms with Crippen LogP contribution in [0.4, 0.5) is 0 Å². The predicted molar refractivity (Wildman–Crippen MR) is 102 cm³/mol. The second-order valence-corrected chi connectivity index (χ2v) is 8.25. The van der Waals surface area contributed by atoms with Crippen molar-refractivity contribution in [2.24, 2.45) is 0 Å². The molecule has 2 N–H and O–H groups in total. The molecule has 0 amide bonds. The Kier molecular flexibility index (Phi) is 3.66. The van der Waals surface area contributed by atoms with Gasteiger partial charge in [-0.05, 0) is 37.0 Å². The minimum Gasteiger partial charge on any atom is -0.504 e. The molecular weight excluding hydrogens is 342 g/mol. The second kappa shape index (κ2) is 5.76. The number of likely N-dealkylation sites (tertiary alicyclic amines) is 1. The molecule has 2 bridgehead atoms. The summed E-state index contributed by atoms with van der Waals surface area (Å²) in [5, 5.41) is 22.6. The van der Waals surface area contributed by atoms with Crippen molar-refractivity contribution in [3.8, 4) is 11.5 Å². The maximum absolute atomic E-state index is 12.1. The van der Waals surface area contributed by atoms with E-state index in [1.165, 1.54) is 5.56 Å². The lowest BCUT2D eigenvalue weighted by Gasteiger charge is -2.62. The third-order valence-electron chi connectivity index (χ3n) is 7.03. The first kappa shape index (κ1) is 17.1. The molecule has 5 heteroatoms. The summed E-state index contributed by atoms with van der Waals surface area (Å²) in [5.41, 5.74) is 0.680. The van der Waals surface area contributed by atoms with Crippen LogP contribution in [0.2, 0.25) is 0 Å². The number of rotatable bonds is 5. The van der Waals surface area contributed by atoms with Crippen molar-refractivity contribution in [2.75, 3.05) is 19.7 Å². The van der Waals surface area contributed by atoms with E-state index < -0.39 is 11.0 Å². The molecule has 4 atom stereocenters. The molecule has 1 spiro atoms. The number of benzene rings is 1. The van der Waals surface area contributed by atoms with Crippen molar-refractivity contribution in [1.29, 1.82) is 0 Å². The van der Waals surface area contributed by atoms with E-state index >= 15 is 0 Å². The number of ether oxygens (including phenoxy) is 2. The minimum atomic E-state index is -0.940. The van der Waals surface area contributed by atoms with E-state index in [0.717, 1.165) is 43.7 Å². The van der Waals surface area contributed by atoms with Crippen molar-refractivity contribution < 1.29 is 19.7 Å². The summed E-state index contributed by atoms with van der Waals surface area (Å²) in [5.74, 6) is 1.50. The first-order valence-corrected chi connectivity index (χ1v) is 9.99. The number of aliphatic hydroxyl groups is 1. The smallest absolute Gasteiger partial charge is 0.168 e. The first-order chi connectivity index (χ1) is 13.1. The monoisotopic (exact) mass is 369 g/mol. The van der Waals surface area contributed by atoms with E-state index in [0.29, 0.717) is 18.8 Å². The molecule has 1 fully saturated rings. The summed E-state index contributed by atoms with van der Waals surface area (Å²) in [6.45, 7) is 8.24. The molecule has 2 heterocycles. The Balaban J connectivity index is 1.72. The number of hydrogen-bond acceptors (Lipinski definition) is 5. The van der Waals surface area contributed by atoms with Crippen LogP contribution in [-0.4, -0.2) is 52.6 Å². The number of nitrogens with zero attached hydrogens (tertiary/aromatic N) is 1. The van der Waals surface area contributed by atoms with Crippen molar-refractivity contribution in [2.45, 2.75) is 55.8 Å². The summed E-state index contributed by atoms with van der Waals surface area (Å²) in [4.78, 5) is 2.34. The zero-order valence-electron chi connectivity index (χ0n) is 15.8. The molecular formula is C22H27NO4. The van der Waals surface area contributed by atoms with Gasteiger partial charge in [0.15, 0.2) is 17.6 Å². The van der Waals surface area contributed by atoms with Gasteiger partial charge >= 0.3 is 0 Å². The largest absolute Gasteiger partial charge is 0.504 e. The topological polar surface area (TPSA) is 62.2 Å². The lowest BCUT2D eigenvalue weighted by atomic mass is 9.50. The van der Waals surface area contributed by atoms with Gasteiger partial charge in [-0.25, -0.2) is 0 Å². The molecule has 2 aliphatic carbocycles. The highest BCUT2D eigenvalue weighted by Gasteiger charge is 2.72. The van der Waals surface area contributed by atoms with E-state index in [2.05, 4.69) is 18.4 Å². The number of hydrogen-bond donors (Lipinski definition) is 2. The van der Waals surface area contributed by atoms with Crippen molar-refractivity contribution in [3.63, 3.8) is 0 Å². The van der Waals surface area contributed by atoms with Crippen LogP contribution in [0, 0.1) is 0 Å². The Morgan fingerprint density at radius 3 is 3.07 bits per heavy atom. The summed E-state index contributed by atoms with van der Waals surface area (Å²) >= 11 is 0. The van der Waals surface area contributed by atoms with Gasteiger partial charge in [0, 0.05) is 31.1 Å². The van der Waals surface area contributed by atoms with Crippen molar-refractivity contribution >= 4 is 0 Å². The molecule has 0 aromatic heterocycles. The van der Waals surface area contributed by atoms with Gasteiger partial charge in [-0.15, -0.1) is 6.58 Å². The number of phenolic OH excluding ortho intramolecular Hbond substituents is 1. The molecule has 4 aliphatic rings. The van der Waals surface area contributed by atoms with Crippen LogP contribution in [-0.2, 0) is 16.6 Å². The molecule has 5 rings (SSSR count). The summed E-state index contributed by atoms with van der Waals surface area (Å²) in [7, 11) is 0. The van der Waals surface area contributed by atoms with E-state index in [1.807, 2.05) is 18.2 Å². The Morgan fingerprint density at radius 2 is 2.30 bits per heavy atom. The Morgan fingerprint density at radius 1 is 1.44 bits per heavy atom. The third-order valence-corrected chi connectivity index (χ3v) is 7.03. The van der Waals surface area contributed by atoms with Crippen LogP contribution in [0.1, 0.15) is 37.3 Å². The molecule has 27 heavy (non-hydrogen) atoms. The standard InChI is InChI=1S/C22H27NO4/c1-3-10-23-11-9-21-18-14-5-6-15(24)19(18)27-20(21)16(26-12-4-2)7-8-22(21,25)17(23)13-14/h3,5-7,17,20,24-25H,1,4,8-13H2,2H3/t17-,20+,21+,22-/m1/s1. The SMILES string of the molecule is C=CCN1CC[C@]23c4c5ccc(O)c4O[C@H]2C(OCCC)=CC[C@@]3(O)[C@H]1C5. The van der Waals surface area contributed by atoms with Gasteiger partial charge in [0.1, 0.15) is 5.76 Å². The number of phenols is 1. The maximum Gasteiger partial charge on any atom is 0.168 e. The van der Waals surface area contributed by atoms with Gasteiger partial charge in [0.25, 0.3) is 0 Å². The summed E-state index contributed by atoms with van der Waals surface area (Å²) in [6, 6.07) is 3.72. The van der Waals surface area contributed by atoms with Gasteiger partial charge < -0.3 is 19.7 Å². The highest BCUT2D eigenvalue weighted by Crippen LogP contribution is 2.65. The average molecular weight is 369 g/mol. The minimum absolute atomic E-state index is 0.00215. The van der Waals surface area contributed by atoms with E-state index in [4.69, 9.17) is 9.47 Å². The zero-order valence-corrected chi connectivity index (χ0v) is 15.8. The summed E-state index contributed by atoms with van der Waals surface area (Å²) in [6.07, 6.45) is 6.53. The highest BCUT2D eigenvalue weighted by molar-refractivity contribution is 5.63. The third kappa shape index (κ3) is 1.96. The fraction of sp³-hybridized carbons (Fsp3) is 0.545. The molecule has 1 saturated heterocycles. The van der Waals surface area contributed by atoms with Crippen molar-refractivity contribution in [1.82, 2.24) is 4.90 Å². The molecule has 0 radical (unpaired) electrons. The van der Waals surface area contributed by atoms with Crippen LogP contribution in [0.15, 0.2) is 36.6 Å². The van der Waals surface area contributed by atoms with Crippen LogP contribution < -0.4 is 4.74 Å². The van der Waals surface area contributed by atoms with E-state index in [9.17, 15) is 10.2 Å². The van der Waals surface area contributed by atoms with E-state index in [1.54, 1.807) is 6.07 Å². The molecule has 0 saturated carbocycles. The molecule has 1 aromatic rings. The van der Waals surface area contributed by atoms with E-state index in [-0.39, 0.29) is 17.9 Å². The molecule has 2 aliphatic heterocycles. The zero-order chi connectivity index (χ0) is 18.8. The first-order valence-electron chi connectivity index (χ1n) is 9.99. The fourth-order valence-electron chi connectivity index (χ4n) is 5.96. The quantitative estimate of drug-likeness (QED) is 0.782. The maximum atomic E-state index is 12.1. The lowest BCUT2D eigenvalue weighted by molar-refractivity contribution is -0.168. The lowest BCUT2D eigenvalue weighted by Crippen LogP contribution is -2.75. The van der Waals surface area contributed by atoms with Crippen LogP contribution >= 0.6 is 0 Å². The molecule has 144 valence electrons. The van der Waals surface area contributed by atoms with Crippen LogP contribution in [0.25, 0.3) is 0 Å². The number of piperidine rings is 1. The molecule has 1 aromatic carbocycles. The normalized spacial score (nSPS) is 35.9. The Labute approximate surface area is 159 Å². The summed E-state index contributed by atoms with van der Waals surface area (Å²) < 4.78 is 12.4. The van der Waals surface area contributed by atoms with Gasteiger partial charge in [0.05, 0.1) is 17.6 Å². The number of aromatic hydroxyl groups is 1. The van der Waals surface area contributed by atoms with Gasteiger partial charge in [0.2, 0.25) is 0 Å². The molecule has 0 unspecified atom stereocenters. The van der Waals surface area contributed by atoms with Crippen LogP contribution in [0.3, 0.4) is 0 Å². The van der Waals surface area contributed by atoms with Gasteiger partial charge in [-0.3, -0.25) is 4.90 Å². The Hall–Kier alpha value is -1.98. The predicted octanol–water partition coefficient (Wildman–Crippen LogP) is 2.65. The Bertz CT molecular complexity index is 834. The van der Waals surface area contributed by atoms with Crippen LogP contribution in [0.5, 0.6) is 11.5 Å². The highest BCUT2D eigenvalue weighted by atomic mass is 16.5. The van der Waals surface area contributed by atoms with Crippen molar-refractivity contribution in [3.05, 3.63) is 47.7 Å². The van der Waals surface area contributed by atoms with Gasteiger partial charge in [-0.2, -0.15) is 0 Å². The molecule has 5 nitrogen and oxygen atoms in total. The van der Waals surface area contributed by atoms with Gasteiger partial charge in [-0.1, -0.05) is 19.1 Å². The fourth-order valence-corrected chi connectivity index (χ4v) is 5.96. The average Bonchev–Trinajstić information content (AvgIpc) is 3.01. The second-order valence-electron chi connectivity index (χ2n) is 8.25.